The van der Waals surface area contributed by atoms with Gasteiger partial charge < -0.3 is 14.8 Å². The van der Waals surface area contributed by atoms with Crippen LogP contribution in [0.3, 0.4) is 0 Å². The molecule has 4 aliphatic carbocycles. The normalized spacial score (nSPS) is 34.6. The van der Waals surface area contributed by atoms with Crippen LogP contribution in [0.15, 0.2) is 17.0 Å². The van der Waals surface area contributed by atoms with Crippen molar-refractivity contribution in [1.29, 1.82) is 0 Å². The maximum Gasteiger partial charge on any atom is 0.243 e. The number of rotatable bonds is 5. The molecule has 0 spiro atoms. The minimum absolute atomic E-state index is 0.285. The summed E-state index contributed by atoms with van der Waals surface area (Å²) < 4.78 is 7.42. The first-order valence-corrected chi connectivity index (χ1v) is 9.62. The second-order valence-electron chi connectivity index (χ2n) is 8.98. The second-order valence-corrected chi connectivity index (χ2v) is 8.98. The lowest BCUT2D eigenvalue weighted by atomic mass is 9.49. The SMILES string of the molecule is Cn1cnc(CC(N)c2nc(CC34CC5CC(CC(C5)C3)C4)no2)c1. The van der Waals surface area contributed by atoms with E-state index in [1.165, 1.54) is 38.5 Å². The van der Waals surface area contributed by atoms with Crippen LogP contribution >= 0.6 is 0 Å². The zero-order chi connectivity index (χ0) is 17.0. The fraction of sp³-hybridized carbons (Fsp3) is 0.737. The van der Waals surface area contributed by atoms with Crippen molar-refractivity contribution < 1.29 is 4.52 Å². The van der Waals surface area contributed by atoms with Gasteiger partial charge in [0.25, 0.3) is 0 Å². The standard InChI is InChI=1S/C19H27N5O/c1-24-10-15(21-11-24)5-16(20)18-22-17(23-25-18)9-19-6-12-2-13(7-19)4-14(3-12)8-19/h10-14,16H,2-9,20H2,1H3. The molecule has 4 fully saturated rings. The number of aromatic nitrogens is 4. The molecule has 0 aliphatic heterocycles. The summed E-state index contributed by atoms with van der Waals surface area (Å²) >= 11 is 0. The average molecular weight is 341 g/mol. The van der Waals surface area contributed by atoms with Crippen LogP contribution in [-0.4, -0.2) is 19.7 Å². The molecule has 6 heteroatoms. The van der Waals surface area contributed by atoms with Crippen molar-refractivity contribution in [2.45, 2.75) is 57.4 Å². The summed E-state index contributed by atoms with van der Waals surface area (Å²) in [6, 6.07) is -0.285. The monoisotopic (exact) mass is 341 g/mol. The Morgan fingerprint density at radius 1 is 1.24 bits per heavy atom. The van der Waals surface area contributed by atoms with Crippen molar-refractivity contribution in [3.05, 3.63) is 29.9 Å². The molecule has 1 unspecified atom stereocenters. The molecular formula is C19H27N5O. The van der Waals surface area contributed by atoms with Crippen LogP contribution in [0, 0.1) is 23.2 Å². The van der Waals surface area contributed by atoms with Gasteiger partial charge in [-0.2, -0.15) is 4.98 Å². The molecule has 134 valence electrons. The summed E-state index contributed by atoms with van der Waals surface area (Å²) in [5.74, 6) is 4.25. The first-order chi connectivity index (χ1) is 12.1. The van der Waals surface area contributed by atoms with Crippen molar-refractivity contribution in [3.8, 4) is 0 Å². The number of nitrogens with zero attached hydrogens (tertiary/aromatic N) is 4. The summed E-state index contributed by atoms with van der Waals surface area (Å²) in [6.45, 7) is 0. The number of nitrogens with two attached hydrogens (primary N) is 1. The Bertz CT molecular complexity index is 728. The molecule has 25 heavy (non-hydrogen) atoms. The Labute approximate surface area is 148 Å². The molecule has 2 N–H and O–H groups in total. The van der Waals surface area contributed by atoms with Gasteiger partial charge >= 0.3 is 0 Å². The number of hydrogen-bond acceptors (Lipinski definition) is 5. The van der Waals surface area contributed by atoms with Gasteiger partial charge in [-0.15, -0.1) is 0 Å². The first kappa shape index (κ1) is 15.6. The molecule has 4 saturated carbocycles. The van der Waals surface area contributed by atoms with E-state index in [0.717, 1.165) is 35.7 Å². The first-order valence-electron chi connectivity index (χ1n) is 9.62. The molecule has 1 atom stereocenters. The van der Waals surface area contributed by atoms with E-state index in [9.17, 15) is 0 Å². The van der Waals surface area contributed by atoms with E-state index in [-0.39, 0.29) is 6.04 Å². The van der Waals surface area contributed by atoms with Gasteiger partial charge in [-0.1, -0.05) is 5.16 Å². The minimum atomic E-state index is -0.285. The zero-order valence-electron chi connectivity index (χ0n) is 14.9. The maximum absolute atomic E-state index is 6.27. The highest BCUT2D eigenvalue weighted by Gasteiger charge is 2.51. The van der Waals surface area contributed by atoms with E-state index in [1.54, 1.807) is 6.33 Å². The molecule has 6 rings (SSSR count). The lowest BCUT2D eigenvalue weighted by Crippen LogP contribution is -2.47. The van der Waals surface area contributed by atoms with Gasteiger partial charge in [0, 0.05) is 26.1 Å². The number of hydrogen-bond donors (Lipinski definition) is 1. The van der Waals surface area contributed by atoms with Crippen LogP contribution in [0.4, 0.5) is 0 Å². The van der Waals surface area contributed by atoms with Crippen LogP contribution in [0.5, 0.6) is 0 Å². The number of imidazole rings is 1. The van der Waals surface area contributed by atoms with E-state index in [4.69, 9.17) is 10.3 Å². The topological polar surface area (TPSA) is 82.8 Å². The highest BCUT2D eigenvalue weighted by molar-refractivity contribution is 5.07. The van der Waals surface area contributed by atoms with Gasteiger partial charge in [-0.05, 0) is 61.7 Å². The maximum atomic E-state index is 6.27. The Hall–Kier alpha value is -1.69. The molecule has 4 bridgehead atoms. The second kappa shape index (κ2) is 5.66. The fourth-order valence-corrected chi connectivity index (χ4v) is 6.22. The molecule has 0 saturated heterocycles. The third-order valence-electron chi connectivity index (χ3n) is 6.69. The fourth-order valence-electron chi connectivity index (χ4n) is 6.22. The largest absolute Gasteiger partial charge is 0.340 e. The summed E-state index contributed by atoms with van der Waals surface area (Å²) in [5, 5.41) is 4.27. The molecule has 2 aromatic heterocycles. The Morgan fingerprint density at radius 2 is 1.92 bits per heavy atom. The predicted molar refractivity (Wildman–Crippen MR) is 92.4 cm³/mol. The van der Waals surface area contributed by atoms with E-state index in [1.807, 2.05) is 17.8 Å². The van der Waals surface area contributed by atoms with E-state index < -0.39 is 0 Å². The van der Waals surface area contributed by atoms with Crippen molar-refractivity contribution >= 4 is 0 Å². The van der Waals surface area contributed by atoms with E-state index in [0.29, 0.717) is 17.7 Å². The van der Waals surface area contributed by atoms with Gasteiger partial charge in [0.1, 0.15) is 0 Å². The summed E-state index contributed by atoms with van der Waals surface area (Å²) in [7, 11) is 1.96. The van der Waals surface area contributed by atoms with Gasteiger partial charge in [0.15, 0.2) is 5.82 Å². The minimum Gasteiger partial charge on any atom is -0.340 e. The molecular weight excluding hydrogens is 314 g/mol. The van der Waals surface area contributed by atoms with Crippen LogP contribution in [0.2, 0.25) is 0 Å². The predicted octanol–water partition coefficient (Wildman–Crippen LogP) is 2.80. The van der Waals surface area contributed by atoms with Gasteiger partial charge in [-0.25, -0.2) is 4.98 Å². The molecule has 4 aliphatic rings. The van der Waals surface area contributed by atoms with Crippen LogP contribution in [0.1, 0.15) is 62.0 Å². The highest BCUT2D eigenvalue weighted by atomic mass is 16.5. The van der Waals surface area contributed by atoms with Crippen molar-refractivity contribution in [1.82, 2.24) is 19.7 Å². The van der Waals surface area contributed by atoms with Crippen molar-refractivity contribution in [2.24, 2.45) is 36.0 Å². The quantitative estimate of drug-likeness (QED) is 0.904. The van der Waals surface area contributed by atoms with Crippen LogP contribution < -0.4 is 5.73 Å². The van der Waals surface area contributed by atoms with E-state index >= 15 is 0 Å². The molecule has 0 radical (unpaired) electrons. The van der Waals surface area contributed by atoms with Gasteiger partial charge in [0.2, 0.25) is 5.89 Å². The molecule has 2 aromatic rings. The molecule has 0 aromatic carbocycles. The van der Waals surface area contributed by atoms with Gasteiger partial charge in [0.05, 0.1) is 18.1 Å². The summed E-state index contributed by atoms with van der Waals surface area (Å²) in [4.78, 5) is 8.98. The summed E-state index contributed by atoms with van der Waals surface area (Å²) in [5.41, 5.74) is 7.65. The number of aryl methyl sites for hydroxylation is 1. The zero-order valence-corrected chi connectivity index (χ0v) is 14.9. The lowest BCUT2D eigenvalue weighted by Gasteiger charge is -2.56. The smallest absolute Gasteiger partial charge is 0.243 e. The van der Waals surface area contributed by atoms with E-state index in [2.05, 4.69) is 15.1 Å². The Balaban J connectivity index is 1.28. The third kappa shape index (κ3) is 2.90. The third-order valence-corrected chi connectivity index (χ3v) is 6.69. The van der Waals surface area contributed by atoms with Gasteiger partial charge in [-0.3, -0.25) is 0 Å². The molecule has 2 heterocycles. The molecule has 0 amide bonds. The van der Waals surface area contributed by atoms with Crippen LogP contribution in [0.25, 0.3) is 0 Å². The summed E-state index contributed by atoms with van der Waals surface area (Å²) in [6.07, 6.45) is 13.8. The van der Waals surface area contributed by atoms with Crippen molar-refractivity contribution in [2.75, 3.05) is 0 Å². The lowest BCUT2D eigenvalue weighted by molar-refractivity contribution is -0.0533. The molecule has 6 nitrogen and oxygen atoms in total. The Kier molecular flexibility index (Phi) is 3.52. The highest BCUT2D eigenvalue weighted by Crippen LogP contribution is 2.60. The average Bonchev–Trinajstić information content (AvgIpc) is 3.14. The van der Waals surface area contributed by atoms with Crippen molar-refractivity contribution in [3.63, 3.8) is 0 Å². The van der Waals surface area contributed by atoms with Crippen LogP contribution in [-0.2, 0) is 19.9 Å². The Morgan fingerprint density at radius 3 is 2.52 bits per heavy atom.